The summed E-state index contributed by atoms with van der Waals surface area (Å²) in [4.78, 5) is 17.9. The SMILES string of the molecule is CCC(C)c1ccc2oc(-c3ccc(NC(=O)CSc4ccc(Cl)cc4)cc3)nc2c1. The third kappa shape index (κ3) is 5.30. The van der Waals surface area contributed by atoms with Crippen molar-refractivity contribution >= 4 is 46.1 Å². The molecule has 1 N–H and O–H groups in total. The number of benzene rings is 3. The molecule has 0 aliphatic rings. The van der Waals surface area contributed by atoms with Gasteiger partial charge < -0.3 is 9.73 Å². The molecule has 0 saturated heterocycles. The van der Waals surface area contributed by atoms with Crippen molar-refractivity contribution in [3.8, 4) is 11.5 Å². The van der Waals surface area contributed by atoms with Crippen LogP contribution in [0.1, 0.15) is 31.7 Å². The van der Waals surface area contributed by atoms with Crippen LogP contribution in [0, 0.1) is 0 Å². The summed E-state index contributed by atoms with van der Waals surface area (Å²) in [5, 5.41) is 3.60. The molecular weight excluding hydrogens is 428 g/mol. The number of oxazole rings is 1. The zero-order valence-corrected chi connectivity index (χ0v) is 19.0. The molecule has 3 aromatic carbocycles. The van der Waals surface area contributed by atoms with Gasteiger partial charge in [-0.25, -0.2) is 4.98 Å². The minimum absolute atomic E-state index is 0.0628. The highest BCUT2D eigenvalue weighted by molar-refractivity contribution is 8.00. The number of amides is 1. The molecule has 0 aliphatic heterocycles. The number of nitrogens with zero attached hydrogens (tertiary/aromatic N) is 1. The van der Waals surface area contributed by atoms with E-state index < -0.39 is 0 Å². The van der Waals surface area contributed by atoms with Gasteiger partial charge in [-0.1, -0.05) is 31.5 Å². The molecule has 0 radical (unpaired) electrons. The molecule has 4 nitrogen and oxygen atoms in total. The molecule has 31 heavy (non-hydrogen) atoms. The van der Waals surface area contributed by atoms with Crippen LogP contribution < -0.4 is 5.32 Å². The van der Waals surface area contributed by atoms with Gasteiger partial charge in [0.1, 0.15) is 5.52 Å². The van der Waals surface area contributed by atoms with Gasteiger partial charge in [-0.05, 0) is 78.6 Å². The number of halogens is 1. The minimum atomic E-state index is -0.0628. The Hall–Kier alpha value is -2.76. The van der Waals surface area contributed by atoms with Crippen molar-refractivity contribution in [2.45, 2.75) is 31.1 Å². The average molecular weight is 451 g/mol. The Bertz CT molecular complexity index is 1190. The van der Waals surface area contributed by atoms with Gasteiger partial charge >= 0.3 is 0 Å². The topological polar surface area (TPSA) is 55.1 Å². The van der Waals surface area contributed by atoms with Crippen molar-refractivity contribution in [1.82, 2.24) is 4.98 Å². The maximum Gasteiger partial charge on any atom is 0.234 e. The van der Waals surface area contributed by atoms with Crippen molar-refractivity contribution in [2.75, 3.05) is 11.1 Å². The van der Waals surface area contributed by atoms with Gasteiger partial charge in [0.2, 0.25) is 11.8 Å². The van der Waals surface area contributed by atoms with E-state index in [1.165, 1.54) is 17.3 Å². The van der Waals surface area contributed by atoms with E-state index in [2.05, 4.69) is 36.3 Å². The molecule has 1 amide bonds. The Morgan fingerprint density at radius 1 is 1.10 bits per heavy atom. The molecule has 1 atom stereocenters. The van der Waals surface area contributed by atoms with Gasteiger partial charge in [0.15, 0.2) is 5.58 Å². The molecule has 1 unspecified atom stereocenters. The zero-order chi connectivity index (χ0) is 21.8. The van der Waals surface area contributed by atoms with Gasteiger partial charge in [-0.15, -0.1) is 11.8 Å². The Labute approximate surface area is 191 Å². The number of hydrogen-bond donors (Lipinski definition) is 1. The second-order valence-corrected chi connectivity index (χ2v) is 8.91. The average Bonchev–Trinajstić information content (AvgIpc) is 3.22. The van der Waals surface area contributed by atoms with Crippen LogP contribution in [0.5, 0.6) is 0 Å². The van der Waals surface area contributed by atoms with Crippen molar-refractivity contribution in [3.63, 3.8) is 0 Å². The lowest BCUT2D eigenvalue weighted by atomic mass is 9.98. The second-order valence-electron chi connectivity index (χ2n) is 7.42. The lowest BCUT2D eigenvalue weighted by molar-refractivity contribution is -0.113. The van der Waals surface area contributed by atoms with E-state index in [9.17, 15) is 4.79 Å². The normalized spacial score (nSPS) is 12.1. The van der Waals surface area contributed by atoms with Crippen LogP contribution in [-0.4, -0.2) is 16.6 Å². The number of carbonyl (C=O) groups is 1. The highest BCUT2D eigenvalue weighted by Crippen LogP contribution is 2.28. The molecule has 0 spiro atoms. The largest absolute Gasteiger partial charge is 0.436 e. The maximum atomic E-state index is 12.2. The number of hydrogen-bond acceptors (Lipinski definition) is 4. The van der Waals surface area contributed by atoms with Crippen LogP contribution in [0.25, 0.3) is 22.6 Å². The summed E-state index contributed by atoms with van der Waals surface area (Å²) in [5.41, 5.74) is 4.52. The first-order chi connectivity index (χ1) is 15.0. The molecule has 4 rings (SSSR count). The van der Waals surface area contributed by atoms with E-state index in [1.807, 2.05) is 54.6 Å². The van der Waals surface area contributed by atoms with E-state index >= 15 is 0 Å². The molecule has 0 aliphatic carbocycles. The van der Waals surface area contributed by atoms with E-state index in [1.54, 1.807) is 0 Å². The predicted molar refractivity (Wildman–Crippen MR) is 129 cm³/mol. The van der Waals surface area contributed by atoms with E-state index in [0.29, 0.717) is 22.6 Å². The summed E-state index contributed by atoms with van der Waals surface area (Å²) >= 11 is 7.36. The molecular formula is C25H23ClN2O2S. The molecule has 1 aromatic heterocycles. The molecule has 4 aromatic rings. The second kappa shape index (κ2) is 9.58. The van der Waals surface area contributed by atoms with Crippen molar-refractivity contribution in [2.24, 2.45) is 0 Å². The summed E-state index contributed by atoms with van der Waals surface area (Å²) in [5.74, 6) is 1.33. The van der Waals surface area contributed by atoms with Crippen molar-refractivity contribution in [1.29, 1.82) is 0 Å². The monoisotopic (exact) mass is 450 g/mol. The van der Waals surface area contributed by atoms with E-state index in [0.717, 1.165) is 33.7 Å². The van der Waals surface area contributed by atoms with Crippen molar-refractivity contribution < 1.29 is 9.21 Å². The van der Waals surface area contributed by atoms with Crippen molar-refractivity contribution in [3.05, 3.63) is 77.3 Å². The first kappa shape index (κ1) is 21.5. The number of fused-ring (bicyclic) bond motifs is 1. The van der Waals surface area contributed by atoms with Gasteiger partial charge in [-0.3, -0.25) is 4.79 Å². The molecule has 0 bridgehead atoms. The number of anilines is 1. The number of thioether (sulfide) groups is 1. The standard InChI is InChI=1S/C25H23ClN2O2S/c1-3-16(2)18-6-13-23-22(14-18)28-25(30-23)17-4-9-20(10-5-17)27-24(29)15-31-21-11-7-19(26)8-12-21/h4-14,16H,3,15H2,1-2H3,(H,27,29). The smallest absolute Gasteiger partial charge is 0.234 e. The third-order valence-corrected chi connectivity index (χ3v) is 6.46. The van der Waals surface area contributed by atoms with Gasteiger partial charge in [0.25, 0.3) is 0 Å². The van der Waals surface area contributed by atoms with Crippen LogP contribution in [0.2, 0.25) is 5.02 Å². The summed E-state index contributed by atoms with van der Waals surface area (Å²) < 4.78 is 5.93. The Kier molecular flexibility index (Phi) is 6.64. The summed E-state index contributed by atoms with van der Waals surface area (Å²) in [6.07, 6.45) is 1.08. The first-order valence-corrected chi connectivity index (χ1v) is 11.6. The fourth-order valence-electron chi connectivity index (χ4n) is 3.18. The molecule has 158 valence electrons. The van der Waals surface area contributed by atoms with Crippen LogP contribution >= 0.6 is 23.4 Å². The fourth-order valence-corrected chi connectivity index (χ4v) is 4.01. The maximum absolute atomic E-state index is 12.2. The zero-order valence-electron chi connectivity index (χ0n) is 17.4. The van der Waals surface area contributed by atoms with Crippen LogP contribution in [0.4, 0.5) is 5.69 Å². The number of rotatable bonds is 7. The number of aromatic nitrogens is 1. The summed E-state index contributed by atoms with van der Waals surface area (Å²) in [7, 11) is 0. The number of carbonyl (C=O) groups excluding carboxylic acids is 1. The fraction of sp³-hybridized carbons (Fsp3) is 0.200. The van der Waals surface area contributed by atoms with Gasteiger partial charge in [0, 0.05) is 21.2 Å². The lowest BCUT2D eigenvalue weighted by Gasteiger charge is -2.07. The van der Waals surface area contributed by atoms with Gasteiger partial charge in [0.05, 0.1) is 5.75 Å². The molecule has 1 heterocycles. The van der Waals surface area contributed by atoms with E-state index in [4.69, 9.17) is 16.0 Å². The molecule has 0 saturated carbocycles. The minimum Gasteiger partial charge on any atom is -0.436 e. The van der Waals surface area contributed by atoms with E-state index in [-0.39, 0.29) is 5.91 Å². The highest BCUT2D eigenvalue weighted by Gasteiger charge is 2.11. The Balaban J connectivity index is 1.40. The van der Waals surface area contributed by atoms with Crippen LogP contribution in [-0.2, 0) is 4.79 Å². The summed E-state index contributed by atoms with van der Waals surface area (Å²) in [6, 6.07) is 21.2. The Morgan fingerprint density at radius 3 is 2.55 bits per heavy atom. The third-order valence-electron chi connectivity index (χ3n) is 5.19. The van der Waals surface area contributed by atoms with Crippen LogP contribution in [0.15, 0.2) is 76.0 Å². The predicted octanol–water partition coefficient (Wildman–Crippen LogP) is 7.39. The Morgan fingerprint density at radius 2 is 1.84 bits per heavy atom. The molecule has 6 heteroatoms. The highest BCUT2D eigenvalue weighted by atomic mass is 35.5. The number of nitrogens with one attached hydrogen (secondary N) is 1. The lowest BCUT2D eigenvalue weighted by Crippen LogP contribution is -2.13. The molecule has 0 fully saturated rings. The quantitative estimate of drug-likeness (QED) is 0.298. The van der Waals surface area contributed by atoms with Gasteiger partial charge in [-0.2, -0.15) is 0 Å². The van der Waals surface area contributed by atoms with Crippen LogP contribution in [0.3, 0.4) is 0 Å². The first-order valence-electron chi connectivity index (χ1n) is 10.2. The summed E-state index contributed by atoms with van der Waals surface area (Å²) in [6.45, 7) is 4.39.